The highest BCUT2D eigenvalue weighted by Crippen LogP contribution is 2.29. The summed E-state index contributed by atoms with van der Waals surface area (Å²) in [5.41, 5.74) is 1.90. The lowest BCUT2D eigenvalue weighted by Gasteiger charge is -2.30. The quantitative estimate of drug-likeness (QED) is 0.465. The van der Waals surface area contributed by atoms with Crippen molar-refractivity contribution in [1.82, 2.24) is 4.31 Å². The van der Waals surface area contributed by atoms with Gasteiger partial charge in [-0.15, -0.1) is 0 Å². The highest BCUT2D eigenvalue weighted by atomic mass is 32.2. The molecule has 1 aliphatic heterocycles. The first kappa shape index (κ1) is 23.1. The first-order valence-electron chi connectivity index (χ1n) is 11.5. The monoisotopic (exact) mass is 488 g/mol. The van der Waals surface area contributed by atoms with Crippen molar-refractivity contribution in [2.75, 3.05) is 18.4 Å². The number of nitrogens with zero attached hydrogens (tertiary/aromatic N) is 1. The molecule has 3 aromatic carbocycles. The van der Waals surface area contributed by atoms with Gasteiger partial charge < -0.3 is 5.32 Å². The minimum atomic E-state index is -3.61. The van der Waals surface area contributed by atoms with Crippen LogP contribution in [-0.4, -0.2) is 43.3 Å². The van der Waals surface area contributed by atoms with Crippen molar-refractivity contribution in [1.29, 1.82) is 0 Å². The average molecular weight is 489 g/mol. The zero-order valence-electron chi connectivity index (χ0n) is 19.2. The fraction of sp³-hybridized carbons (Fsp3) is 0.222. The lowest BCUT2D eigenvalue weighted by atomic mass is 9.84. The van der Waals surface area contributed by atoms with E-state index in [0.29, 0.717) is 41.4 Å². The van der Waals surface area contributed by atoms with Crippen LogP contribution in [0.4, 0.5) is 5.69 Å². The Labute approximate surface area is 203 Å². The Morgan fingerprint density at radius 2 is 1.51 bits per heavy atom. The number of hydrogen-bond acceptors (Lipinski definition) is 5. The van der Waals surface area contributed by atoms with Gasteiger partial charge in [-0.3, -0.25) is 14.4 Å². The van der Waals surface area contributed by atoms with Crippen LogP contribution in [0.25, 0.3) is 0 Å². The predicted octanol–water partition coefficient (Wildman–Crippen LogP) is 4.13. The number of piperidine rings is 1. The van der Waals surface area contributed by atoms with Crippen molar-refractivity contribution in [2.45, 2.75) is 24.7 Å². The third-order valence-electron chi connectivity index (χ3n) is 6.56. The molecule has 1 amide bonds. The molecule has 0 saturated carbocycles. The van der Waals surface area contributed by atoms with E-state index in [0.717, 1.165) is 12.8 Å². The van der Waals surface area contributed by atoms with E-state index in [2.05, 4.69) is 5.32 Å². The molecule has 1 heterocycles. The number of carbonyl (C=O) groups is 3. The summed E-state index contributed by atoms with van der Waals surface area (Å²) < 4.78 is 27.4. The van der Waals surface area contributed by atoms with E-state index in [1.807, 2.05) is 6.92 Å². The van der Waals surface area contributed by atoms with Gasteiger partial charge in [-0.05, 0) is 61.2 Å². The summed E-state index contributed by atoms with van der Waals surface area (Å²) in [6.45, 7) is 3.03. The Bertz CT molecular complexity index is 1460. The van der Waals surface area contributed by atoms with Gasteiger partial charge in [0.2, 0.25) is 10.0 Å². The highest BCUT2D eigenvalue weighted by molar-refractivity contribution is 7.89. The van der Waals surface area contributed by atoms with Gasteiger partial charge in [-0.2, -0.15) is 4.31 Å². The van der Waals surface area contributed by atoms with Crippen LogP contribution in [0.1, 0.15) is 62.0 Å². The maximum absolute atomic E-state index is 13.0. The van der Waals surface area contributed by atoms with E-state index in [-0.39, 0.29) is 27.6 Å². The summed E-state index contributed by atoms with van der Waals surface area (Å²) in [4.78, 5) is 38.6. The maximum Gasteiger partial charge on any atom is 0.255 e. The second kappa shape index (κ2) is 8.87. The van der Waals surface area contributed by atoms with Crippen molar-refractivity contribution in [3.8, 4) is 0 Å². The molecule has 35 heavy (non-hydrogen) atoms. The standard InChI is InChI=1S/C27H24N2O5S/c1-17-5-4-14-29(16-17)35(33,34)20-11-8-18(9-12-20)27(32)28-19-10-13-23-24(15-19)26(31)22-7-3-2-6-21(22)25(23)30/h2-3,6-13,15,17H,4-5,14,16H2,1H3,(H,28,32)/t17-/m0/s1. The molecule has 1 fully saturated rings. The van der Waals surface area contributed by atoms with Gasteiger partial charge in [0.1, 0.15) is 0 Å². The molecular weight excluding hydrogens is 464 g/mol. The topological polar surface area (TPSA) is 101 Å². The Kier molecular flexibility index (Phi) is 5.86. The summed E-state index contributed by atoms with van der Waals surface area (Å²) in [5.74, 6) is -0.632. The van der Waals surface area contributed by atoms with E-state index in [4.69, 9.17) is 0 Å². The van der Waals surface area contributed by atoms with Gasteiger partial charge >= 0.3 is 0 Å². The first-order chi connectivity index (χ1) is 16.8. The normalized spacial score (nSPS) is 18.0. The number of ketones is 2. The number of fused-ring (bicyclic) bond motifs is 2. The van der Waals surface area contributed by atoms with Gasteiger partial charge in [-0.25, -0.2) is 8.42 Å². The first-order valence-corrected chi connectivity index (χ1v) is 12.9. The SMILES string of the molecule is C[C@H]1CCCN(S(=O)(=O)c2ccc(C(=O)Nc3ccc4c(c3)C(=O)c3ccccc3C4=O)cc2)C1. The highest BCUT2D eigenvalue weighted by Gasteiger charge is 2.30. The molecule has 178 valence electrons. The number of carbonyl (C=O) groups excluding carboxylic acids is 3. The minimum absolute atomic E-state index is 0.153. The summed E-state index contributed by atoms with van der Waals surface area (Å²) in [6, 6.07) is 17.1. The molecular formula is C27H24N2O5S. The van der Waals surface area contributed by atoms with Crippen molar-refractivity contribution < 1.29 is 22.8 Å². The summed E-state index contributed by atoms with van der Waals surface area (Å²) in [5, 5.41) is 2.73. The Morgan fingerprint density at radius 3 is 2.17 bits per heavy atom. The van der Waals surface area contributed by atoms with Crippen LogP contribution in [0.3, 0.4) is 0 Å². The predicted molar refractivity (Wildman–Crippen MR) is 131 cm³/mol. The number of benzene rings is 3. The van der Waals surface area contributed by atoms with Gasteiger partial charge in [-0.1, -0.05) is 31.2 Å². The molecule has 0 radical (unpaired) electrons. The number of rotatable bonds is 4. The van der Waals surface area contributed by atoms with E-state index in [1.165, 1.54) is 40.7 Å². The maximum atomic E-state index is 13.0. The van der Waals surface area contributed by atoms with Crippen molar-refractivity contribution >= 4 is 33.2 Å². The van der Waals surface area contributed by atoms with Crippen LogP contribution < -0.4 is 5.32 Å². The van der Waals surface area contributed by atoms with E-state index in [9.17, 15) is 22.8 Å². The molecule has 0 unspecified atom stereocenters. The molecule has 1 aliphatic carbocycles. The lowest BCUT2D eigenvalue weighted by molar-refractivity contribution is 0.0979. The Balaban J connectivity index is 1.34. The van der Waals surface area contributed by atoms with Gasteiger partial charge in [0, 0.05) is 46.6 Å². The molecule has 5 rings (SSSR count). The number of nitrogens with one attached hydrogen (secondary N) is 1. The van der Waals surface area contributed by atoms with Crippen LogP contribution >= 0.6 is 0 Å². The molecule has 1 saturated heterocycles. The summed E-state index contributed by atoms with van der Waals surface area (Å²) >= 11 is 0. The van der Waals surface area contributed by atoms with Crippen LogP contribution in [-0.2, 0) is 10.0 Å². The third-order valence-corrected chi connectivity index (χ3v) is 8.44. The van der Waals surface area contributed by atoms with E-state index < -0.39 is 15.9 Å². The number of hydrogen-bond donors (Lipinski definition) is 1. The molecule has 1 N–H and O–H groups in total. The lowest BCUT2D eigenvalue weighted by Crippen LogP contribution is -2.39. The average Bonchev–Trinajstić information content (AvgIpc) is 2.87. The molecule has 0 aromatic heterocycles. The minimum Gasteiger partial charge on any atom is -0.322 e. The zero-order valence-corrected chi connectivity index (χ0v) is 20.0. The molecule has 0 bridgehead atoms. The molecule has 0 spiro atoms. The number of sulfonamides is 1. The molecule has 1 atom stereocenters. The fourth-order valence-electron chi connectivity index (χ4n) is 4.67. The number of anilines is 1. The third kappa shape index (κ3) is 4.19. The van der Waals surface area contributed by atoms with E-state index in [1.54, 1.807) is 30.3 Å². The largest absolute Gasteiger partial charge is 0.322 e. The zero-order chi connectivity index (χ0) is 24.7. The fourth-order valence-corrected chi connectivity index (χ4v) is 6.27. The van der Waals surface area contributed by atoms with Gasteiger partial charge in [0.25, 0.3) is 5.91 Å². The van der Waals surface area contributed by atoms with Crippen LogP contribution in [0.15, 0.2) is 71.6 Å². The number of amides is 1. The second-order valence-corrected chi connectivity index (χ2v) is 11.0. The molecule has 3 aromatic rings. The molecule has 8 heteroatoms. The Hall–Kier alpha value is -3.62. The Morgan fingerprint density at radius 1 is 0.886 bits per heavy atom. The van der Waals surface area contributed by atoms with Gasteiger partial charge in [0.05, 0.1) is 4.90 Å². The van der Waals surface area contributed by atoms with Crippen molar-refractivity contribution in [2.24, 2.45) is 5.92 Å². The van der Waals surface area contributed by atoms with E-state index >= 15 is 0 Å². The molecule has 2 aliphatic rings. The second-order valence-electron chi connectivity index (χ2n) is 9.05. The van der Waals surface area contributed by atoms with Gasteiger partial charge in [0.15, 0.2) is 11.6 Å². The van der Waals surface area contributed by atoms with Crippen LogP contribution in [0.2, 0.25) is 0 Å². The smallest absolute Gasteiger partial charge is 0.255 e. The van der Waals surface area contributed by atoms with Crippen LogP contribution in [0.5, 0.6) is 0 Å². The van der Waals surface area contributed by atoms with Crippen molar-refractivity contribution in [3.05, 3.63) is 94.5 Å². The van der Waals surface area contributed by atoms with Crippen molar-refractivity contribution in [3.63, 3.8) is 0 Å². The summed E-state index contributed by atoms with van der Waals surface area (Å²) in [7, 11) is -3.61. The summed E-state index contributed by atoms with van der Waals surface area (Å²) in [6.07, 6.45) is 1.85. The van der Waals surface area contributed by atoms with Crippen LogP contribution in [0, 0.1) is 5.92 Å². The molecule has 7 nitrogen and oxygen atoms in total.